The number of oxazole rings is 1. The molecule has 1 amide bonds. The molecule has 2 atom stereocenters. The summed E-state index contributed by atoms with van der Waals surface area (Å²) in [5.41, 5.74) is 0.215. The number of nitrogens with zero attached hydrogens (tertiary/aromatic N) is 3. The van der Waals surface area contributed by atoms with Crippen LogP contribution in [0.25, 0.3) is 0 Å². The monoisotopic (exact) mass is 650 g/mol. The molecule has 1 N–H and O–H groups in total. The lowest BCUT2D eigenvalue weighted by Gasteiger charge is -2.41. The Morgan fingerprint density at radius 1 is 1.11 bits per heavy atom. The van der Waals surface area contributed by atoms with Crippen molar-refractivity contribution in [2.24, 2.45) is 0 Å². The summed E-state index contributed by atoms with van der Waals surface area (Å²) < 4.78 is 52.9. The molecule has 0 spiro atoms. The molecular weight excluding hydrogens is 620 g/mol. The smallest absolute Gasteiger partial charge is 0.271 e. The van der Waals surface area contributed by atoms with Crippen LogP contribution in [0.2, 0.25) is 5.02 Å². The van der Waals surface area contributed by atoms with E-state index in [1.165, 1.54) is 25.5 Å². The standard InChI is InChI=1S/C32H31ClN4O7S/c1-3-34-18-20-15-25(29-28(16-20)43-19-44-29)32(36-13-4-5-27(36)30-35-12-14-42-30)24-17-21(33)6-11-26(24)37(31(32)38)45(39,40)23-9-7-22(41-2)8-10-23/h6-12,14-17,27,34H,3-5,13,18-19H2,1-2H3/t27-,32?/m0/s1. The van der Waals surface area contributed by atoms with Crippen LogP contribution in [0.4, 0.5) is 5.69 Å². The van der Waals surface area contributed by atoms with E-state index >= 15 is 4.79 Å². The molecule has 1 saturated heterocycles. The van der Waals surface area contributed by atoms with Crippen molar-refractivity contribution in [2.75, 3.05) is 31.3 Å². The zero-order chi connectivity index (χ0) is 31.3. The van der Waals surface area contributed by atoms with Crippen LogP contribution < -0.4 is 23.8 Å². The molecule has 4 heterocycles. The highest BCUT2D eigenvalue weighted by molar-refractivity contribution is 7.93. The third-order valence-electron chi connectivity index (χ3n) is 8.58. The van der Waals surface area contributed by atoms with Gasteiger partial charge in [0.15, 0.2) is 17.0 Å². The minimum absolute atomic E-state index is 0.0449. The van der Waals surface area contributed by atoms with Gasteiger partial charge in [-0.25, -0.2) is 17.7 Å². The van der Waals surface area contributed by atoms with Crippen LogP contribution in [-0.4, -0.2) is 51.2 Å². The van der Waals surface area contributed by atoms with Gasteiger partial charge in [-0.2, -0.15) is 0 Å². The Hall–Kier alpha value is -4.10. The van der Waals surface area contributed by atoms with E-state index in [1.807, 2.05) is 24.0 Å². The summed E-state index contributed by atoms with van der Waals surface area (Å²) in [6, 6.07) is 14.1. The fourth-order valence-electron chi connectivity index (χ4n) is 6.66. The number of aromatic nitrogens is 1. The van der Waals surface area contributed by atoms with Gasteiger partial charge >= 0.3 is 0 Å². The fraction of sp³-hybridized carbons (Fsp3) is 0.312. The van der Waals surface area contributed by atoms with Crippen LogP contribution in [0, 0.1) is 0 Å². The molecule has 3 aliphatic rings. The van der Waals surface area contributed by atoms with Crippen LogP contribution in [0.5, 0.6) is 17.2 Å². The van der Waals surface area contributed by atoms with Gasteiger partial charge in [0.25, 0.3) is 15.9 Å². The molecule has 13 heteroatoms. The summed E-state index contributed by atoms with van der Waals surface area (Å²) in [7, 11) is -2.93. The molecule has 234 valence electrons. The number of rotatable bonds is 9. The quantitative estimate of drug-likeness (QED) is 0.265. The Labute approximate surface area is 265 Å². The minimum Gasteiger partial charge on any atom is -0.497 e. The molecular formula is C32H31ClN4O7S. The number of fused-ring (bicyclic) bond motifs is 2. The van der Waals surface area contributed by atoms with Gasteiger partial charge in [-0.1, -0.05) is 18.5 Å². The van der Waals surface area contributed by atoms with Gasteiger partial charge in [-0.15, -0.1) is 0 Å². The summed E-state index contributed by atoms with van der Waals surface area (Å²) in [6.45, 7) is 3.61. The number of halogens is 1. The number of likely N-dealkylation sites (tertiary alicyclic amines) is 1. The van der Waals surface area contributed by atoms with E-state index in [0.717, 1.165) is 16.4 Å². The van der Waals surface area contributed by atoms with E-state index < -0.39 is 27.5 Å². The van der Waals surface area contributed by atoms with Crippen molar-refractivity contribution < 1.29 is 31.8 Å². The maximum absolute atomic E-state index is 15.4. The Morgan fingerprint density at radius 2 is 1.93 bits per heavy atom. The molecule has 1 unspecified atom stereocenters. The lowest BCUT2D eigenvalue weighted by Crippen LogP contribution is -2.54. The molecule has 3 aromatic carbocycles. The van der Waals surface area contributed by atoms with E-state index in [9.17, 15) is 8.42 Å². The summed E-state index contributed by atoms with van der Waals surface area (Å²) in [4.78, 5) is 21.8. The van der Waals surface area contributed by atoms with Gasteiger partial charge in [0, 0.05) is 29.2 Å². The number of hydrogen-bond donors (Lipinski definition) is 1. The zero-order valence-corrected chi connectivity index (χ0v) is 26.2. The molecule has 4 aromatic rings. The molecule has 0 saturated carbocycles. The number of benzene rings is 3. The number of methoxy groups -OCH3 is 1. The van der Waals surface area contributed by atoms with Crippen molar-refractivity contribution in [1.82, 2.24) is 15.2 Å². The number of carbonyl (C=O) groups excluding carboxylic acids is 1. The number of nitrogens with one attached hydrogen (secondary N) is 1. The Kier molecular flexibility index (Phi) is 7.47. The normalized spacial score (nSPS) is 21.0. The van der Waals surface area contributed by atoms with Crippen LogP contribution in [0.1, 0.15) is 48.4 Å². The van der Waals surface area contributed by atoms with Crippen molar-refractivity contribution in [3.8, 4) is 17.2 Å². The first kappa shape index (κ1) is 29.6. The predicted octanol–water partition coefficient (Wildman–Crippen LogP) is 4.99. The maximum atomic E-state index is 15.4. The lowest BCUT2D eigenvalue weighted by molar-refractivity contribution is -0.127. The van der Waals surface area contributed by atoms with E-state index in [4.69, 9.17) is 30.2 Å². The second kappa shape index (κ2) is 11.4. The average molecular weight is 651 g/mol. The third-order valence-corrected chi connectivity index (χ3v) is 10.5. The van der Waals surface area contributed by atoms with E-state index in [1.54, 1.807) is 36.5 Å². The average Bonchev–Trinajstić information content (AvgIpc) is 3.86. The molecule has 3 aliphatic heterocycles. The van der Waals surface area contributed by atoms with Crippen molar-refractivity contribution in [3.63, 3.8) is 0 Å². The van der Waals surface area contributed by atoms with E-state index in [0.29, 0.717) is 65.2 Å². The SMILES string of the molecule is CCNCc1cc2c(c(C3(N4CCC[C@H]4c4ncco4)C(=O)N(S(=O)(=O)c4ccc(OC)cc4)c4ccc(Cl)cc43)c1)OCO2. The number of anilines is 1. The topological polar surface area (TPSA) is 123 Å². The van der Waals surface area contributed by atoms with Crippen molar-refractivity contribution in [3.05, 3.63) is 94.7 Å². The van der Waals surface area contributed by atoms with Crippen molar-refractivity contribution in [2.45, 2.75) is 42.8 Å². The lowest BCUT2D eigenvalue weighted by atomic mass is 9.80. The van der Waals surface area contributed by atoms with Crippen molar-refractivity contribution in [1.29, 1.82) is 0 Å². The van der Waals surface area contributed by atoms with Gasteiger partial charge in [-0.3, -0.25) is 9.69 Å². The Morgan fingerprint density at radius 3 is 2.67 bits per heavy atom. The maximum Gasteiger partial charge on any atom is 0.271 e. The van der Waals surface area contributed by atoms with Gasteiger partial charge in [-0.05, 0) is 79.5 Å². The minimum atomic E-state index is -4.42. The van der Waals surface area contributed by atoms with Crippen LogP contribution in [-0.2, 0) is 26.9 Å². The van der Waals surface area contributed by atoms with Crippen LogP contribution >= 0.6 is 11.6 Å². The summed E-state index contributed by atoms with van der Waals surface area (Å²) in [5.74, 6) is 1.07. The summed E-state index contributed by atoms with van der Waals surface area (Å²) >= 11 is 6.65. The van der Waals surface area contributed by atoms with Crippen molar-refractivity contribution >= 4 is 33.2 Å². The Bertz CT molecular complexity index is 1870. The highest BCUT2D eigenvalue weighted by Crippen LogP contribution is 2.58. The second-order valence-electron chi connectivity index (χ2n) is 11.0. The summed E-state index contributed by atoms with van der Waals surface area (Å²) in [6.07, 6.45) is 4.39. The predicted molar refractivity (Wildman–Crippen MR) is 165 cm³/mol. The number of hydrogen-bond acceptors (Lipinski definition) is 10. The number of carbonyl (C=O) groups is 1. The zero-order valence-electron chi connectivity index (χ0n) is 24.7. The van der Waals surface area contributed by atoms with E-state index in [2.05, 4.69) is 10.3 Å². The second-order valence-corrected chi connectivity index (χ2v) is 13.2. The van der Waals surface area contributed by atoms with Gasteiger partial charge in [0.2, 0.25) is 12.7 Å². The summed E-state index contributed by atoms with van der Waals surface area (Å²) in [5, 5.41) is 3.68. The number of sulfonamides is 1. The van der Waals surface area contributed by atoms with Gasteiger partial charge in [0.05, 0.1) is 29.9 Å². The highest BCUT2D eigenvalue weighted by Gasteiger charge is 2.63. The molecule has 45 heavy (non-hydrogen) atoms. The molecule has 1 fully saturated rings. The van der Waals surface area contributed by atoms with Crippen LogP contribution in [0.3, 0.4) is 0 Å². The first-order valence-electron chi connectivity index (χ1n) is 14.6. The number of ether oxygens (including phenoxy) is 3. The molecule has 1 aromatic heterocycles. The van der Waals surface area contributed by atoms with E-state index in [-0.39, 0.29) is 17.4 Å². The Balaban J connectivity index is 1.53. The molecule has 0 aliphatic carbocycles. The molecule has 0 bridgehead atoms. The number of amides is 1. The van der Waals surface area contributed by atoms with Crippen LogP contribution in [0.15, 0.2) is 76.4 Å². The molecule has 0 radical (unpaired) electrons. The van der Waals surface area contributed by atoms with Gasteiger partial charge in [0.1, 0.15) is 12.0 Å². The first-order valence-corrected chi connectivity index (χ1v) is 16.5. The first-order chi connectivity index (χ1) is 21.8. The van der Waals surface area contributed by atoms with Gasteiger partial charge < -0.3 is 23.9 Å². The fourth-order valence-corrected chi connectivity index (χ4v) is 8.29. The largest absolute Gasteiger partial charge is 0.497 e. The molecule has 11 nitrogen and oxygen atoms in total. The third kappa shape index (κ3) is 4.58. The highest BCUT2D eigenvalue weighted by atomic mass is 35.5. The molecule has 7 rings (SSSR count).